The van der Waals surface area contributed by atoms with E-state index in [0.29, 0.717) is 6.42 Å². The molecule has 3 heteroatoms. The highest BCUT2D eigenvalue weighted by atomic mass is 16.4. The molecule has 0 aromatic heterocycles. The summed E-state index contributed by atoms with van der Waals surface area (Å²) in [6.07, 6.45) is 11.8. The highest BCUT2D eigenvalue weighted by Crippen LogP contribution is 2.04. The van der Waals surface area contributed by atoms with Crippen molar-refractivity contribution in [3.63, 3.8) is 0 Å². The van der Waals surface area contributed by atoms with E-state index in [9.17, 15) is 4.79 Å². The van der Waals surface area contributed by atoms with Crippen LogP contribution in [0.25, 0.3) is 0 Å². The number of aliphatic carboxylic acids is 1. The zero-order valence-electron chi connectivity index (χ0n) is 11.3. The Morgan fingerprint density at radius 1 is 1.06 bits per heavy atom. The number of carbonyl (C=O) groups is 1. The molecule has 0 bridgehead atoms. The van der Waals surface area contributed by atoms with E-state index in [0.717, 1.165) is 25.7 Å². The molecule has 0 aromatic rings. The first-order chi connectivity index (χ1) is 8.18. The Balaban J connectivity index is 0. The van der Waals surface area contributed by atoms with Crippen LogP contribution in [0.3, 0.4) is 0 Å². The number of carboxylic acid groups (broad SMARTS) is 1. The normalized spacial score (nSPS) is 10.1. The van der Waals surface area contributed by atoms with Crippen molar-refractivity contribution in [2.75, 3.05) is 6.61 Å². The van der Waals surface area contributed by atoms with Crippen LogP contribution in [0, 0.1) is 0 Å². The predicted octanol–water partition coefficient (Wildman–Crippen LogP) is 3.77. The van der Waals surface area contributed by atoms with Crippen molar-refractivity contribution in [2.24, 2.45) is 0 Å². The van der Waals surface area contributed by atoms with Crippen LogP contribution >= 0.6 is 0 Å². The second-order valence-electron chi connectivity index (χ2n) is 3.95. The van der Waals surface area contributed by atoms with Gasteiger partial charge in [0.25, 0.3) is 0 Å². The maximum Gasteiger partial charge on any atom is 0.303 e. The molecule has 0 saturated heterocycles. The summed E-state index contributed by atoms with van der Waals surface area (Å²) in [5, 5.41) is 16.5. The van der Waals surface area contributed by atoms with Gasteiger partial charge in [0.2, 0.25) is 0 Å². The first-order valence-electron chi connectivity index (χ1n) is 6.66. The third-order valence-corrected chi connectivity index (χ3v) is 2.19. The lowest BCUT2D eigenvalue weighted by Gasteiger charge is -1.95. The van der Waals surface area contributed by atoms with Crippen LogP contribution < -0.4 is 0 Å². The van der Waals surface area contributed by atoms with E-state index >= 15 is 0 Å². The lowest BCUT2D eigenvalue weighted by Crippen LogP contribution is -1.93. The standard InChI is InChI=1S/C8H16O2.C6H12O/c1-2-3-4-5-6-7-8(9)10;1-2-3-4-5-6-7/h2-7H2,1H3,(H,9,10);3-4,7H,2,5-6H2,1H3. The number of hydrogen-bond acceptors (Lipinski definition) is 2. The van der Waals surface area contributed by atoms with Gasteiger partial charge in [-0.25, -0.2) is 0 Å². The van der Waals surface area contributed by atoms with Gasteiger partial charge in [-0.1, -0.05) is 51.7 Å². The SMILES string of the molecule is CCC=CCCO.CCCCCCCC(=O)O. The van der Waals surface area contributed by atoms with Gasteiger partial charge in [0.1, 0.15) is 0 Å². The molecule has 0 aliphatic carbocycles. The van der Waals surface area contributed by atoms with Crippen molar-refractivity contribution in [3.05, 3.63) is 12.2 Å². The molecule has 0 aliphatic rings. The average molecular weight is 244 g/mol. The van der Waals surface area contributed by atoms with Gasteiger partial charge in [-0.05, 0) is 19.3 Å². The monoisotopic (exact) mass is 244 g/mol. The summed E-state index contributed by atoms with van der Waals surface area (Å²) < 4.78 is 0. The van der Waals surface area contributed by atoms with Crippen LogP contribution in [-0.2, 0) is 4.79 Å². The molecule has 0 atom stereocenters. The summed E-state index contributed by atoms with van der Waals surface area (Å²) in [6, 6.07) is 0. The molecule has 0 heterocycles. The predicted molar refractivity (Wildman–Crippen MR) is 72.1 cm³/mol. The van der Waals surface area contributed by atoms with E-state index in [1.807, 2.05) is 6.08 Å². The largest absolute Gasteiger partial charge is 0.481 e. The van der Waals surface area contributed by atoms with Crippen molar-refractivity contribution >= 4 is 5.97 Å². The average Bonchev–Trinajstić information content (AvgIpc) is 2.30. The number of unbranched alkanes of at least 4 members (excludes halogenated alkanes) is 4. The quantitative estimate of drug-likeness (QED) is 0.479. The van der Waals surface area contributed by atoms with Gasteiger partial charge in [0.05, 0.1) is 0 Å². The summed E-state index contributed by atoms with van der Waals surface area (Å²) in [6.45, 7) is 4.50. The molecule has 0 unspecified atom stereocenters. The summed E-state index contributed by atoms with van der Waals surface area (Å²) in [5.74, 6) is -0.670. The molecule has 0 aromatic carbocycles. The summed E-state index contributed by atoms with van der Waals surface area (Å²) in [5.41, 5.74) is 0. The molecule has 3 nitrogen and oxygen atoms in total. The second kappa shape index (κ2) is 17.6. The van der Waals surface area contributed by atoms with E-state index < -0.39 is 5.97 Å². The molecule has 0 fully saturated rings. The first-order valence-corrected chi connectivity index (χ1v) is 6.66. The molecule has 0 aliphatic heterocycles. The zero-order chi connectivity index (χ0) is 13.4. The third-order valence-electron chi connectivity index (χ3n) is 2.19. The maximum atomic E-state index is 10.0. The lowest BCUT2D eigenvalue weighted by atomic mass is 10.1. The van der Waals surface area contributed by atoms with E-state index in [2.05, 4.69) is 19.9 Å². The third kappa shape index (κ3) is 25.4. The summed E-state index contributed by atoms with van der Waals surface area (Å²) in [7, 11) is 0. The Labute approximate surface area is 106 Å². The number of aliphatic hydroxyl groups is 1. The van der Waals surface area contributed by atoms with Gasteiger partial charge in [-0.3, -0.25) is 4.79 Å². The van der Waals surface area contributed by atoms with Gasteiger partial charge >= 0.3 is 5.97 Å². The van der Waals surface area contributed by atoms with Crippen LogP contribution in [0.15, 0.2) is 12.2 Å². The molecule has 17 heavy (non-hydrogen) atoms. The highest BCUT2D eigenvalue weighted by Gasteiger charge is 1.94. The van der Waals surface area contributed by atoms with Crippen LogP contribution in [0.2, 0.25) is 0 Å². The Morgan fingerprint density at radius 3 is 2.18 bits per heavy atom. The minimum Gasteiger partial charge on any atom is -0.481 e. The van der Waals surface area contributed by atoms with E-state index in [1.165, 1.54) is 19.3 Å². The summed E-state index contributed by atoms with van der Waals surface area (Å²) in [4.78, 5) is 10.0. The Bertz CT molecular complexity index is 176. The van der Waals surface area contributed by atoms with Gasteiger partial charge < -0.3 is 10.2 Å². The fourth-order valence-corrected chi connectivity index (χ4v) is 1.24. The Kier molecular flexibility index (Phi) is 19.1. The fraction of sp³-hybridized carbons (Fsp3) is 0.786. The fourth-order valence-electron chi connectivity index (χ4n) is 1.24. The minimum atomic E-state index is -0.670. The van der Waals surface area contributed by atoms with Crippen molar-refractivity contribution in [2.45, 2.75) is 65.2 Å². The van der Waals surface area contributed by atoms with Crippen molar-refractivity contribution in [3.8, 4) is 0 Å². The van der Waals surface area contributed by atoms with Gasteiger partial charge in [0, 0.05) is 13.0 Å². The van der Waals surface area contributed by atoms with Crippen LogP contribution in [-0.4, -0.2) is 22.8 Å². The molecule has 2 N–H and O–H groups in total. The molecule has 102 valence electrons. The van der Waals surface area contributed by atoms with E-state index in [1.54, 1.807) is 0 Å². The molecule has 0 radical (unpaired) electrons. The first kappa shape index (κ1) is 18.5. The molecular weight excluding hydrogens is 216 g/mol. The topological polar surface area (TPSA) is 57.5 Å². The van der Waals surface area contributed by atoms with Crippen molar-refractivity contribution in [1.82, 2.24) is 0 Å². The minimum absolute atomic E-state index is 0.274. The maximum absolute atomic E-state index is 10.0. The number of carboxylic acids is 1. The molecule has 0 amide bonds. The lowest BCUT2D eigenvalue weighted by molar-refractivity contribution is -0.137. The number of aliphatic hydroxyl groups excluding tert-OH is 1. The van der Waals surface area contributed by atoms with Gasteiger partial charge in [-0.2, -0.15) is 0 Å². The van der Waals surface area contributed by atoms with Crippen LogP contribution in [0.4, 0.5) is 0 Å². The van der Waals surface area contributed by atoms with Gasteiger partial charge in [0.15, 0.2) is 0 Å². The van der Waals surface area contributed by atoms with Crippen LogP contribution in [0.5, 0.6) is 0 Å². The Hall–Kier alpha value is -0.830. The van der Waals surface area contributed by atoms with Crippen molar-refractivity contribution in [1.29, 1.82) is 0 Å². The smallest absolute Gasteiger partial charge is 0.303 e. The van der Waals surface area contributed by atoms with Crippen LogP contribution in [0.1, 0.15) is 65.2 Å². The highest BCUT2D eigenvalue weighted by molar-refractivity contribution is 5.66. The number of rotatable bonds is 9. The number of hydrogen-bond donors (Lipinski definition) is 2. The zero-order valence-corrected chi connectivity index (χ0v) is 11.3. The molecular formula is C14H28O3. The van der Waals surface area contributed by atoms with Gasteiger partial charge in [-0.15, -0.1) is 0 Å². The second-order valence-corrected chi connectivity index (χ2v) is 3.95. The van der Waals surface area contributed by atoms with E-state index in [4.69, 9.17) is 10.2 Å². The molecule has 0 spiro atoms. The van der Waals surface area contributed by atoms with Crippen molar-refractivity contribution < 1.29 is 15.0 Å². The molecule has 0 rings (SSSR count). The molecule has 0 saturated carbocycles. The van der Waals surface area contributed by atoms with E-state index in [-0.39, 0.29) is 6.61 Å². The number of allylic oxidation sites excluding steroid dienone is 1. The Morgan fingerprint density at radius 2 is 1.71 bits per heavy atom. The summed E-state index contributed by atoms with van der Waals surface area (Å²) >= 11 is 0.